The quantitative estimate of drug-likeness (QED) is 0.650. The summed E-state index contributed by atoms with van der Waals surface area (Å²) in [7, 11) is 1.71. The molecule has 1 aromatic heterocycles. The molecular weight excluding hydrogens is 152 g/mol. The normalized spacial score (nSPS) is 13.2. The molecule has 1 atom stereocenters. The maximum absolute atomic E-state index is 4.94. The van der Waals surface area contributed by atoms with Crippen molar-refractivity contribution in [2.45, 2.75) is 13.0 Å². The molecule has 0 aromatic carbocycles. The van der Waals surface area contributed by atoms with Gasteiger partial charge in [0.25, 0.3) is 0 Å². The smallest absolute Gasteiger partial charge is 0.0587 e. The van der Waals surface area contributed by atoms with E-state index in [0.717, 1.165) is 13.2 Å². The summed E-state index contributed by atoms with van der Waals surface area (Å²) < 4.78 is 4.94. The van der Waals surface area contributed by atoms with Crippen molar-refractivity contribution in [3.05, 3.63) is 24.0 Å². The average Bonchev–Trinajstić information content (AvgIpc) is 2.56. The molecule has 0 unspecified atom stereocenters. The minimum atomic E-state index is 0.395. The standard InChI is InChI=1S/C9H16N2O/c1-8(11-5-6-12-2)9-3-4-10-7-9/h3-4,7-8,10-11H,5-6H2,1-2H3/t8-/m0/s1. The van der Waals surface area contributed by atoms with Gasteiger partial charge in [0.1, 0.15) is 0 Å². The van der Waals surface area contributed by atoms with Crippen LogP contribution in [0.2, 0.25) is 0 Å². The van der Waals surface area contributed by atoms with E-state index < -0.39 is 0 Å². The van der Waals surface area contributed by atoms with E-state index in [2.05, 4.69) is 23.3 Å². The highest BCUT2D eigenvalue weighted by molar-refractivity contribution is 5.12. The molecule has 1 aromatic rings. The second kappa shape index (κ2) is 4.95. The van der Waals surface area contributed by atoms with Crippen molar-refractivity contribution in [1.29, 1.82) is 0 Å². The minimum Gasteiger partial charge on any atom is -0.383 e. The number of aromatic amines is 1. The first kappa shape index (κ1) is 9.29. The van der Waals surface area contributed by atoms with Gasteiger partial charge < -0.3 is 15.0 Å². The predicted octanol–water partition coefficient (Wildman–Crippen LogP) is 1.31. The number of methoxy groups -OCH3 is 1. The van der Waals surface area contributed by atoms with Crippen molar-refractivity contribution in [2.75, 3.05) is 20.3 Å². The zero-order valence-electron chi connectivity index (χ0n) is 7.63. The van der Waals surface area contributed by atoms with E-state index in [9.17, 15) is 0 Å². The fourth-order valence-corrected chi connectivity index (χ4v) is 1.10. The van der Waals surface area contributed by atoms with Gasteiger partial charge in [-0.15, -0.1) is 0 Å². The van der Waals surface area contributed by atoms with Gasteiger partial charge in [-0.25, -0.2) is 0 Å². The number of ether oxygens (including phenoxy) is 1. The van der Waals surface area contributed by atoms with Crippen LogP contribution in [0.25, 0.3) is 0 Å². The Labute approximate surface area is 73.1 Å². The van der Waals surface area contributed by atoms with Crippen LogP contribution in [0.3, 0.4) is 0 Å². The molecule has 0 aliphatic rings. The van der Waals surface area contributed by atoms with Crippen molar-refractivity contribution in [2.24, 2.45) is 0 Å². The summed E-state index contributed by atoms with van der Waals surface area (Å²) in [5, 5.41) is 3.34. The lowest BCUT2D eigenvalue weighted by molar-refractivity contribution is 0.196. The van der Waals surface area contributed by atoms with E-state index >= 15 is 0 Å². The molecule has 0 aliphatic heterocycles. The molecular formula is C9H16N2O. The Kier molecular flexibility index (Phi) is 3.84. The Hall–Kier alpha value is -0.800. The average molecular weight is 168 g/mol. The molecule has 0 fully saturated rings. The van der Waals surface area contributed by atoms with Crippen molar-refractivity contribution < 1.29 is 4.74 Å². The number of hydrogen-bond acceptors (Lipinski definition) is 2. The van der Waals surface area contributed by atoms with Crippen LogP contribution in [0, 0.1) is 0 Å². The van der Waals surface area contributed by atoms with E-state index in [1.807, 2.05) is 12.4 Å². The molecule has 0 spiro atoms. The van der Waals surface area contributed by atoms with E-state index in [0.29, 0.717) is 6.04 Å². The number of aromatic nitrogens is 1. The fourth-order valence-electron chi connectivity index (χ4n) is 1.10. The first-order chi connectivity index (χ1) is 5.84. The van der Waals surface area contributed by atoms with Gasteiger partial charge in [-0.05, 0) is 18.6 Å². The molecule has 0 bridgehead atoms. The lowest BCUT2D eigenvalue weighted by atomic mass is 10.2. The van der Waals surface area contributed by atoms with Gasteiger partial charge in [0.05, 0.1) is 6.61 Å². The first-order valence-electron chi connectivity index (χ1n) is 4.19. The third-order valence-corrected chi connectivity index (χ3v) is 1.88. The fraction of sp³-hybridized carbons (Fsp3) is 0.556. The Bertz CT molecular complexity index is 196. The summed E-state index contributed by atoms with van der Waals surface area (Å²) in [6.07, 6.45) is 3.94. The lowest BCUT2D eigenvalue weighted by Gasteiger charge is -2.11. The van der Waals surface area contributed by atoms with Crippen LogP contribution >= 0.6 is 0 Å². The lowest BCUT2D eigenvalue weighted by Crippen LogP contribution is -2.22. The summed E-state index contributed by atoms with van der Waals surface area (Å²) in [5.41, 5.74) is 1.28. The largest absolute Gasteiger partial charge is 0.383 e. The van der Waals surface area contributed by atoms with Crippen molar-refractivity contribution >= 4 is 0 Å². The molecule has 1 rings (SSSR count). The van der Waals surface area contributed by atoms with E-state index in [1.54, 1.807) is 7.11 Å². The Balaban J connectivity index is 2.25. The van der Waals surface area contributed by atoms with E-state index in [1.165, 1.54) is 5.56 Å². The van der Waals surface area contributed by atoms with Gasteiger partial charge in [-0.2, -0.15) is 0 Å². The highest BCUT2D eigenvalue weighted by Gasteiger charge is 2.02. The number of H-pyrrole nitrogens is 1. The van der Waals surface area contributed by atoms with Gasteiger partial charge in [0.15, 0.2) is 0 Å². The van der Waals surface area contributed by atoms with Crippen LogP contribution in [0.15, 0.2) is 18.5 Å². The Morgan fingerprint density at radius 2 is 2.50 bits per heavy atom. The number of hydrogen-bond donors (Lipinski definition) is 2. The van der Waals surface area contributed by atoms with Gasteiger partial charge in [-0.1, -0.05) is 0 Å². The highest BCUT2D eigenvalue weighted by Crippen LogP contribution is 2.09. The summed E-state index contributed by atoms with van der Waals surface area (Å²) in [5.74, 6) is 0. The second-order valence-electron chi connectivity index (χ2n) is 2.81. The molecule has 0 aliphatic carbocycles. The summed E-state index contributed by atoms with van der Waals surface area (Å²) in [6.45, 7) is 3.79. The number of nitrogens with one attached hydrogen (secondary N) is 2. The molecule has 0 saturated heterocycles. The first-order valence-corrected chi connectivity index (χ1v) is 4.19. The van der Waals surface area contributed by atoms with Crippen LogP contribution in [-0.2, 0) is 4.74 Å². The molecule has 1 heterocycles. The SMILES string of the molecule is COCCN[C@@H](C)c1cc[nH]c1. The van der Waals surface area contributed by atoms with Crippen LogP contribution < -0.4 is 5.32 Å². The zero-order valence-corrected chi connectivity index (χ0v) is 7.63. The van der Waals surface area contributed by atoms with Crippen molar-refractivity contribution in [3.8, 4) is 0 Å². The summed E-state index contributed by atoms with van der Waals surface area (Å²) in [4.78, 5) is 3.03. The predicted molar refractivity (Wildman–Crippen MR) is 49.1 cm³/mol. The van der Waals surface area contributed by atoms with Gasteiger partial charge in [-0.3, -0.25) is 0 Å². The summed E-state index contributed by atoms with van der Waals surface area (Å²) in [6, 6.07) is 2.47. The molecule has 0 saturated carbocycles. The molecule has 3 heteroatoms. The molecule has 3 nitrogen and oxygen atoms in total. The highest BCUT2D eigenvalue weighted by atomic mass is 16.5. The zero-order chi connectivity index (χ0) is 8.81. The van der Waals surface area contributed by atoms with Gasteiger partial charge in [0, 0.05) is 32.1 Å². The molecule has 0 radical (unpaired) electrons. The number of rotatable bonds is 5. The Morgan fingerprint density at radius 1 is 1.67 bits per heavy atom. The molecule has 68 valence electrons. The van der Waals surface area contributed by atoms with Crippen molar-refractivity contribution in [1.82, 2.24) is 10.3 Å². The monoisotopic (exact) mass is 168 g/mol. The molecule has 2 N–H and O–H groups in total. The molecule has 12 heavy (non-hydrogen) atoms. The molecule has 0 amide bonds. The van der Waals surface area contributed by atoms with Crippen LogP contribution in [-0.4, -0.2) is 25.2 Å². The Morgan fingerprint density at radius 3 is 3.08 bits per heavy atom. The van der Waals surface area contributed by atoms with Gasteiger partial charge >= 0.3 is 0 Å². The van der Waals surface area contributed by atoms with Crippen LogP contribution in [0.1, 0.15) is 18.5 Å². The van der Waals surface area contributed by atoms with Gasteiger partial charge in [0.2, 0.25) is 0 Å². The topological polar surface area (TPSA) is 37.0 Å². The minimum absolute atomic E-state index is 0.395. The summed E-state index contributed by atoms with van der Waals surface area (Å²) >= 11 is 0. The van der Waals surface area contributed by atoms with E-state index in [4.69, 9.17) is 4.74 Å². The second-order valence-corrected chi connectivity index (χ2v) is 2.81. The third kappa shape index (κ3) is 2.68. The van der Waals surface area contributed by atoms with Crippen LogP contribution in [0.5, 0.6) is 0 Å². The van der Waals surface area contributed by atoms with Crippen molar-refractivity contribution in [3.63, 3.8) is 0 Å². The maximum Gasteiger partial charge on any atom is 0.0587 e. The van der Waals surface area contributed by atoms with E-state index in [-0.39, 0.29) is 0 Å². The third-order valence-electron chi connectivity index (χ3n) is 1.88. The maximum atomic E-state index is 4.94. The van der Waals surface area contributed by atoms with Crippen LogP contribution in [0.4, 0.5) is 0 Å².